The Bertz CT molecular complexity index is 1970. The number of halogens is 4. The van der Waals surface area contributed by atoms with Gasteiger partial charge in [0.2, 0.25) is 0 Å². The number of hydrogen-bond donors (Lipinski definition) is 2. The highest BCUT2D eigenvalue weighted by atomic mass is 19.1. The number of phenols is 1. The van der Waals surface area contributed by atoms with Crippen LogP contribution in [0, 0.1) is 29.8 Å². The third-order valence-electron chi connectivity index (χ3n) is 10.4. The van der Waals surface area contributed by atoms with Crippen molar-refractivity contribution >= 4 is 27.5 Å². The van der Waals surface area contributed by atoms with Gasteiger partial charge in [0.05, 0.1) is 16.7 Å². The van der Waals surface area contributed by atoms with E-state index in [0.717, 1.165) is 38.3 Å². The van der Waals surface area contributed by atoms with Crippen LogP contribution in [-0.2, 0) is 0 Å². The Hall–Kier alpha value is -4.14. The number of ether oxygens (including phenoxy) is 1. The van der Waals surface area contributed by atoms with Gasteiger partial charge in [-0.2, -0.15) is 9.97 Å². The Morgan fingerprint density at radius 3 is 2.78 bits per heavy atom. The van der Waals surface area contributed by atoms with Crippen molar-refractivity contribution in [3.05, 3.63) is 53.3 Å². The van der Waals surface area contributed by atoms with Gasteiger partial charge in [-0.05, 0) is 68.8 Å². The molecule has 2 N–H and O–H groups in total. The van der Waals surface area contributed by atoms with E-state index in [2.05, 4.69) is 28.0 Å². The van der Waals surface area contributed by atoms with Crippen molar-refractivity contribution in [1.82, 2.24) is 20.2 Å². The van der Waals surface area contributed by atoms with Crippen molar-refractivity contribution in [1.29, 1.82) is 0 Å². The highest BCUT2D eigenvalue weighted by Gasteiger charge is 2.49. The van der Waals surface area contributed by atoms with Crippen molar-refractivity contribution in [3.63, 3.8) is 0 Å². The van der Waals surface area contributed by atoms with E-state index in [1.165, 1.54) is 24.3 Å². The SMILES string of the molecule is C#Cc1c(F)ccc2cc(O)cc(-c3c(F)cc4c(N5C[C@H]6CC[C@@](C)(C5)N6)nc(OC[C@@]56CCCN5C[C@H](F)C6)nc4c3F)c12. The number of piperazine rings is 1. The maximum Gasteiger partial charge on any atom is 0.319 e. The maximum absolute atomic E-state index is 16.9. The van der Waals surface area contributed by atoms with Gasteiger partial charge in [0.25, 0.3) is 0 Å². The van der Waals surface area contributed by atoms with Gasteiger partial charge < -0.3 is 20.1 Å². The van der Waals surface area contributed by atoms with Gasteiger partial charge in [-0.3, -0.25) is 4.90 Å². The predicted octanol–water partition coefficient (Wildman–Crippen LogP) is 5.84. The molecule has 7 nitrogen and oxygen atoms in total. The number of anilines is 1. The minimum atomic E-state index is -1.02. The molecule has 4 saturated heterocycles. The van der Waals surface area contributed by atoms with E-state index in [-0.39, 0.29) is 57.4 Å². The molecule has 0 saturated carbocycles. The topological polar surface area (TPSA) is 73.8 Å². The molecule has 4 aliphatic rings. The summed E-state index contributed by atoms with van der Waals surface area (Å²) in [6, 6.07) is 6.36. The van der Waals surface area contributed by atoms with Gasteiger partial charge in [0.1, 0.15) is 41.5 Å². The lowest BCUT2D eigenvalue weighted by molar-refractivity contribution is 0.107. The predicted molar refractivity (Wildman–Crippen MR) is 167 cm³/mol. The minimum Gasteiger partial charge on any atom is -0.508 e. The quantitative estimate of drug-likeness (QED) is 0.212. The molecule has 5 heterocycles. The molecule has 0 spiro atoms. The van der Waals surface area contributed by atoms with Crippen LogP contribution in [0.2, 0.25) is 0 Å². The molecule has 4 atom stereocenters. The number of phenolic OH excluding ortho intramolecular Hbond substituents is 1. The van der Waals surface area contributed by atoms with Crippen molar-refractivity contribution in [2.24, 2.45) is 0 Å². The third-order valence-corrected chi connectivity index (χ3v) is 10.4. The number of nitrogens with one attached hydrogen (secondary N) is 1. The van der Waals surface area contributed by atoms with Gasteiger partial charge in [0.15, 0.2) is 5.82 Å². The van der Waals surface area contributed by atoms with E-state index >= 15 is 8.78 Å². The first-order valence-corrected chi connectivity index (χ1v) is 15.7. The fourth-order valence-corrected chi connectivity index (χ4v) is 8.43. The molecule has 1 aromatic heterocycles. The molecule has 0 aliphatic carbocycles. The Labute approximate surface area is 263 Å². The normalized spacial score (nSPS) is 27.4. The van der Waals surface area contributed by atoms with Crippen LogP contribution >= 0.6 is 0 Å². The first-order valence-electron chi connectivity index (χ1n) is 15.7. The maximum atomic E-state index is 16.9. The van der Waals surface area contributed by atoms with Crippen LogP contribution in [0.5, 0.6) is 11.8 Å². The summed E-state index contributed by atoms with van der Waals surface area (Å²) in [5.41, 5.74) is -1.64. The van der Waals surface area contributed by atoms with Gasteiger partial charge in [-0.15, -0.1) is 6.42 Å². The molecule has 2 bridgehead atoms. The van der Waals surface area contributed by atoms with Crippen LogP contribution in [-0.4, -0.2) is 76.1 Å². The molecule has 4 aliphatic heterocycles. The Morgan fingerprint density at radius 1 is 1.13 bits per heavy atom. The van der Waals surface area contributed by atoms with E-state index in [9.17, 15) is 13.9 Å². The molecule has 238 valence electrons. The standard InChI is InChI=1S/C35H33F4N5O2/c1-3-23-26(37)6-5-19-11-22(45)12-24(28(19)23)29-27(38)13-25-31(30(29)39)40-33(46-18-35-8-4-10-44(35)15-20(36)14-35)41-32(25)43-16-21-7-9-34(2,17-43)42-21/h1,5-6,11-13,20-21,42,45H,4,7-10,14-18H2,2H3/t20-,21-,34+,35+/m1/s1. The summed E-state index contributed by atoms with van der Waals surface area (Å²) in [5, 5.41) is 14.7. The molecule has 0 unspecified atom stereocenters. The monoisotopic (exact) mass is 631 g/mol. The summed E-state index contributed by atoms with van der Waals surface area (Å²) in [6.07, 6.45) is 8.65. The third kappa shape index (κ3) is 4.56. The smallest absolute Gasteiger partial charge is 0.319 e. The highest BCUT2D eigenvalue weighted by Crippen LogP contribution is 2.44. The zero-order valence-electron chi connectivity index (χ0n) is 25.3. The molecule has 4 fully saturated rings. The first kappa shape index (κ1) is 29.3. The largest absolute Gasteiger partial charge is 0.508 e. The number of aromatic hydroxyl groups is 1. The van der Waals surface area contributed by atoms with Gasteiger partial charge >= 0.3 is 6.01 Å². The lowest BCUT2D eigenvalue weighted by atomic mass is 9.92. The summed E-state index contributed by atoms with van der Waals surface area (Å²) >= 11 is 0. The number of fused-ring (bicyclic) bond motifs is 5. The van der Waals surface area contributed by atoms with E-state index < -0.39 is 34.7 Å². The number of benzene rings is 3. The van der Waals surface area contributed by atoms with Crippen molar-refractivity contribution in [3.8, 4) is 35.2 Å². The average molecular weight is 632 g/mol. The summed E-state index contributed by atoms with van der Waals surface area (Å²) in [6.45, 7) is 4.53. The summed E-state index contributed by atoms with van der Waals surface area (Å²) in [4.78, 5) is 13.3. The molecule has 4 aromatic rings. The van der Waals surface area contributed by atoms with Gasteiger partial charge in [-0.25, -0.2) is 17.6 Å². The van der Waals surface area contributed by atoms with Crippen LogP contribution in [0.4, 0.5) is 23.4 Å². The number of terminal acetylenes is 1. The van der Waals surface area contributed by atoms with E-state index in [0.29, 0.717) is 37.3 Å². The van der Waals surface area contributed by atoms with Crippen LogP contribution in [0.3, 0.4) is 0 Å². The fourth-order valence-electron chi connectivity index (χ4n) is 8.43. The first-order chi connectivity index (χ1) is 22.1. The molecule has 46 heavy (non-hydrogen) atoms. The van der Waals surface area contributed by atoms with E-state index in [4.69, 9.17) is 16.1 Å². The van der Waals surface area contributed by atoms with Crippen molar-refractivity contribution in [2.75, 3.05) is 37.7 Å². The van der Waals surface area contributed by atoms with Crippen LogP contribution in [0.15, 0.2) is 30.3 Å². The van der Waals surface area contributed by atoms with E-state index in [1.54, 1.807) is 0 Å². The number of rotatable bonds is 5. The number of hydrogen-bond acceptors (Lipinski definition) is 7. The molecular formula is C35H33F4N5O2. The van der Waals surface area contributed by atoms with Crippen LogP contribution in [0.1, 0.15) is 44.6 Å². The van der Waals surface area contributed by atoms with E-state index in [1.807, 2.05) is 4.90 Å². The number of nitrogens with zero attached hydrogens (tertiary/aromatic N) is 4. The second-order valence-electron chi connectivity index (χ2n) is 13.6. The number of alkyl halides is 1. The average Bonchev–Trinajstić information content (AvgIpc) is 3.63. The second kappa shape index (κ2) is 10.4. The van der Waals surface area contributed by atoms with Crippen LogP contribution in [0.25, 0.3) is 32.8 Å². The summed E-state index contributed by atoms with van der Waals surface area (Å²) in [5.74, 6) is -0.310. The fraction of sp³-hybridized carbons (Fsp3) is 0.429. The van der Waals surface area contributed by atoms with Crippen molar-refractivity contribution < 1.29 is 27.4 Å². The number of aromatic nitrogens is 2. The molecule has 0 amide bonds. The molecule has 8 rings (SSSR count). The summed E-state index contributed by atoms with van der Waals surface area (Å²) in [7, 11) is 0. The second-order valence-corrected chi connectivity index (χ2v) is 13.6. The van der Waals surface area contributed by atoms with Crippen LogP contribution < -0.4 is 15.0 Å². The molecule has 3 aromatic carbocycles. The Balaban J connectivity index is 1.31. The molecule has 0 radical (unpaired) electrons. The Kier molecular flexibility index (Phi) is 6.64. The van der Waals surface area contributed by atoms with Crippen molar-refractivity contribution in [2.45, 2.75) is 62.3 Å². The highest BCUT2D eigenvalue weighted by molar-refractivity contribution is 6.04. The Morgan fingerprint density at radius 2 is 1.98 bits per heavy atom. The molecular weight excluding hydrogens is 598 g/mol. The molecule has 11 heteroatoms. The van der Waals surface area contributed by atoms with Gasteiger partial charge in [-0.1, -0.05) is 12.0 Å². The summed E-state index contributed by atoms with van der Waals surface area (Å²) < 4.78 is 68.7. The zero-order chi connectivity index (χ0) is 32.0. The van der Waals surface area contributed by atoms with Gasteiger partial charge in [0, 0.05) is 54.0 Å². The lowest BCUT2D eigenvalue weighted by Crippen LogP contribution is -2.58. The lowest BCUT2D eigenvalue weighted by Gasteiger charge is -2.40. The zero-order valence-corrected chi connectivity index (χ0v) is 25.3. The minimum absolute atomic E-state index is 0.0883.